The second-order valence-electron chi connectivity index (χ2n) is 3.28. The molecular formula is C9H8N4O4. The zero-order valence-corrected chi connectivity index (χ0v) is 8.43. The Balaban J connectivity index is 2.83. The Hall–Kier alpha value is -2.77. The van der Waals surface area contributed by atoms with Crippen molar-refractivity contribution >= 4 is 11.7 Å². The topological polar surface area (TPSA) is 134 Å². The van der Waals surface area contributed by atoms with Gasteiger partial charge in [-0.3, -0.25) is 0 Å². The van der Waals surface area contributed by atoms with Crippen LogP contribution < -0.4 is 17.1 Å². The molecule has 0 saturated heterocycles. The van der Waals surface area contributed by atoms with Crippen LogP contribution in [-0.2, 0) is 0 Å². The average Bonchev–Trinajstić information content (AvgIpc) is 2.58. The first-order chi connectivity index (χ1) is 8.00. The number of rotatable bonds is 2. The molecule has 2 aromatic rings. The van der Waals surface area contributed by atoms with E-state index in [1.54, 1.807) is 0 Å². The number of carboxylic acids is 1. The second-order valence-corrected chi connectivity index (χ2v) is 3.28. The summed E-state index contributed by atoms with van der Waals surface area (Å²) in [5.41, 5.74) is 3.96. The molecule has 0 radical (unpaired) electrons. The molecule has 0 aliphatic carbocycles. The van der Waals surface area contributed by atoms with Gasteiger partial charge < -0.3 is 10.8 Å². The molecule has 0 atom stereocenters. The van der Waals surface area contributed by atoms with Gasteiger partial charge in [0, 0.05) is 5.69 Å². The van der Waals surface area contributed by atoms with Crippen LogP contribution in [0.4, 0.5) is 5.69 Å². The molecule has 17 heavy (non-hydrogen) atoms. The highest BCUT2D eigenvalue weighted by atomic mass is 16.4. The second kappa shape index (κ2) is 3.67. The first-order valence-corrected chi connectivity index (χ1v) is 4.53. The van der Waals surface area contributed by atoms with Crippen molar-refractivity contribution in [1.82, 2.24) is 14.8 Å². The molecule has 0 aliphatic heterocycles. The molecule has 0 amide bonds. The van der Waals surface area contributed by atoms with Gasteiger partial charge in [-0.15, -0.1) is 0 Å². The Morgan fingerprint density at radius 1 is 1.24 bits per heavy atom. The van der Waals surface area contributed by atoms with E-state index in [9.17, 15) is 14.4 Å². The smallest absolute Gasteiger partial charge is 0.349 e. The zero-order valence-electron chi connectivity index (χ0n) is 8.43. The fraction of sp³-hybridized carbons (Fsp3) is 0. The molecule has 2 rings (SSSR count). The lowest BCUT2D eigenvalue weighted by Crippen LogP contribution is -2.26. The van der Waals surface area contributed by atoms with Crippen molar-refractivity contribution < 1.29 is 9.90 Å². The van der Waals surface area contributed by atoms with Gasteiger partial charge in [-0.05, 0) is 18.2 Å². The highest BCUT2D eigenvalue weighted by molar-refractivity contribution is 5.92. The van der Waals surface area contributed by atoms with Gasteiger partial charge in [0.2, 0.25) is 0 Å². The number of anilines is 1. The molecule has 5 N–H and O–H groups in total. The number of aromatic amines is 2. The van der Waals surface area contributed by atoms with E-state index in [2.05, 4.69) is 10.2 Å². The number of carboxylic acid groups (broad SMARTS) is 1. The van der Waals surface area contributed by atoms with Crippen LogP contribution in [0, 0.1) is 0 Å². The summed E-state index contributed by atoms with van der Waals surface area (Å²) in [7, 11) is 0. The molecule has 0 fully saturated rings. The lowest BCUT2D eigenvalue weighted by molar-refractivity contribution is 0.0697. The van der Waals surface area contributed by atoms with Crippen LogP contribution in [0.2, 0.25) is 0 Å². The van der Waals surface area contributed by atoms with Crippen molar-refractivity contribution in [2.75, 3.05) is 5.73 Å². The van der Waals surface area contributed by atoms with E-state index in [0.29, 0.717) is 4.57 Å². The first-order valence-electron chi connectivity index (χ1n) is 4.53. The van der Waals surface area contributed by atoms with E-state index < -0.39 is 17.3 Å². The fourth-order valence-corrected chi connectivity index (χ4v) is 1.44. The monoisotopic (exact) mass is 236 g/mol. The highest BCUT2D eigenvalue weighted by Crippen LogP contribution is 2.15. The van der Waals surface area contributed by atoms with E-state index in [4.69, 9.17) is 10.8 Å². The third-order valence-electron chi connectivity index (χ3n) is 2.18. The number of hydrogen-bond donors (Lipinski definition) is 4. The number of benzene rings is 1. The molecular weight excluding hydrogens is 228 g/mol. The van der Waals surface area contributed by atoms with Crippen LogP contribution in [0.5, 0.6) is 0 Å². The van der Waals surface area contributed by atoms with Crippen LogP contribution in [0.15, 0.2) is 27.8 Å². The van der Waals surface area contributed by atoms with Crippen molar-refractivity contribution in [3.63, 3.8) is 0 Å². The van der Waals surface area contributed by atoms with E-state index in [-0.39, 0.29) is 16.9 Å². The number of aromatic carboxylic acids is 1. The number of hydrogen-bond acceptors (Lipinski definition) is 4. The lowest BCUT2D eigenvalue weighted by Gasteiger charge is -2.05. The number of nitrogens with two attached hydrogens (primary N) is 1. The maximum atomic E-state index is 11.4. The third kappa shape index (κ3) is 1.71. The first kappa shape index (κ1) is 10.7. The lowest BCUT2D eigenvalue weighted by atomic mass is 10.1. The van der Waals surface area contributed by atoms with Crippen LogP contribution in [0.25, 0.3) is 5.69 Å². The summed E-state index contributed by atoms with van der Waals surface area (Å²) >= 11 is 0. The Morgan fingerprint density at radius 3 is 2.35 bits per heavy atom. The van der Waals surface area contributed by atoms with Crippen molar-refractivity contribution in [2.45, 2.75) is 0 Å². The normalized spacial score (nSPS) is 10.4. The van der Waals surface area contributed by atoms with Gasteiger partial charge in [0.25, 0.3) is 0 Å². The maximum Gasteiger partial charge on any atom is 0.349 e. The summed E-state index contributed by atoms with van der Waals surface area (Å²) in [6.07, 6.45) is 0. The Morgan fingerprint density at radius 2 is 1.82 bits per heavy atom. The SMILES string of the molecule is Nc1ccc(C(=O)O)c(-n2c(=O)[nH][nH]c2=O)c1. The molecule has 0 spiro atoms. The Bertz CT molecular complexity index is 666. The summed E-state index contributed by atoms with van der Waals surface area (Å²) in [4.78, 5) is 33.7. The fourth-order valence-electron chi connectivity index (χ4n) is 1.44. The molecule has 0 unspecified atom stereocenters. The molecule has 1 aromatic carbocycles. The van der Waals surface area contributed by atoms with Gasteiger partial charge >= 0.3 is 17.3 Å². The number of nitrogen functional groups attached to an aromatic ring is 1. The van der Waals surface area contributed by atoms with Crippen LogP contribution in [-0.4, -0.2) is 25.8 Å². The van der Waals surface area contributed by atoms with Gasteiger partial charge in [-0.2, -0.15) is 0 Å². The molecule has 0 saturated carbocycles. The summed E-state index contributed by atoms with van der Waals surface area (Å²) in [5.74, 6) is -1.26. The summed E-state index contributed by atoms with van der Waals surface area (Å²) in [6, 6.07) is 3.85. The number of carbonyl (C=O) groups is 1. The van der Waals surface area contributed by atoms with Crippen LogP contribution in [0.1, 0.15) is 10.4 Å². The van der Waals surface area contributed by atoms with E-state index in [0.717, 1.165) is 0 Å². The summed E-state index contributed by atoms with van der Waals surface area (Å²) in [6.45, 7) is 0. The molecule has 0 aliphatic rings. The van der Waals surface area contributed by atoms with Gasteiger partial charge in [-0.25, -0.2) is 29.1 Å². The van der Waals surface area contributed by atoms with Gasteiger partial charge in [0.05, 0.1) is 11.3 Å². The van der Waals surface area contributed by atoms with Gasteiger partial charge in [-0.1, -0.05) is 0 Å². The standard InChI is InChI=1S/C9H8N4O4/c10-4-1-2-5(7(14)15)6(3-4)13-8(16)11-12-9(13)17/h1-3H,10H2,(H,11,16)(H,12,17)(H,14,15). The molecule has 8 nitrogen and oxygen atoms in total. The maximum absolute atomic E-state index is 11.4. The van der Waals surface area contributed by atoms with E-state index in [1.807, 2.05) is 0 Å². The molecule has 1 heterocycles. The highest BCUT2D eigenvalue weighted by Gasteiger charge is 2.15. The van der Waals surface area contributed by atoms with Gasteiger partial charge in [0.1, 0.15) is 0 Å². The molecule has 88 valence electrons. The minimum absolute atomic E-state index is 0.0787. The Labute approximate surface area is 93.3 Å². The number of aromatic nitrogens is 3. The average molecular weight is 236 g/mol. The summed E-state index contributed by atoms with van der Waals surface area (Å²) in [5, 5.41) is 13.1. The zero-order chi connectivity index (χ0) is 12.6. The minimum Gasteiger partial charge on any atom is -0.478 e. The molecule has 8 heteroatoms. The predicted octanol–water partition coefficient (Wildman–Crippen LogP) is -0.866. The number of nitrogens with one attached hydrogen (secondary N) is 2. The van der Waals surface area contributed by atoms with Crippen molar-refractivity contribution in [3.05, 3.63) is 44.7 Å². The predicted molar refractivity (Wildman–Crippen MR) is 58.4 cm³/mol. The number of nitrogens with zero attached hydrogens (tertiary/aromatic N) is 1. The van der Waals surface area contributed by atoms with Crippen LogP contribution >= 0.6 is 0 Å². The largest absolute Gasteiger partial charge is 0.478 e. The minimum atomic E-state index is -1.26. The summed E-state index contributed by atoms with van der Waals surface area (Å²) < 4.78 is 0.666. The van der Waals surface area contributed by atoms with Gasteiger partial charge in [0.15, 0.2) is 0 Å². The van der Waals surface area contributed by atoms with Crippen molar-refractivity contribution in [2.24, 2.45) is 0 Å². The quantitative estimate of drug-likeness (QED) is 0.503. The molecule has 1 aromatic heterocycles. The van der Waals surface area contributed by atoms with E-state index >= 15 is 0 Å². The van der Waals surface area contributed by atoms with E-state index in [1.165, 1.54) is 18.2 Å². The number of H-pyrrole nitrogens is 2. The van der Waals surface area contributed by atoms with Crippen molar-refractivity contribution in [1.29, 1.82) is 0 Å². The van der Waals surface area contributed by atoms with Crippen molar-refractivity contribution in [3.8, 4) is 5.69 Å². The molecule has 0 bridgehead atoms. The Kier molecular flexibility index (Phi) is 2.32. The third-order valence-corrected chi connectivity index (χ3v) is 2.18. The van der Waals surface area contributed by atoms with Crippen LogP contribution in [0.3, 0.4) is 0 Å².